The van der Waals surface area contributed by atoms with Gasteiger partial charge in [-0.2, -0.15) is 0 Å². The average molecular weight is 460 g/mol. The number of aliphatic hydroxyl groups is 1. The zero-order valence-corrected chi connectivity index (χ0v) is 18.2. The standard InChI is InChI=1S/C26H24N2O6/c29-22(25(31)32)14-27-24(30)23(16-8-2-1-3-9-16)28-26(33)34-15-21-19-12-6-4-10-17(19)18-11-5-7-13-20(18)21/h1-13,21-23,29H,14-15H2,(H,27,30)(H,28,33)(H,31,32)/t22-,23-/m0/s1. The van der Waals surface area contributed by atoms with Crippen LogP contribution in [0.2, 0.25) is 0 Å². The highest BCUT2D eigenvalue weighted by Gasteiger charge is 2.30. The van der Waals surface area contributed by atoms with E-state index < -0.39 is 36.7 Å². The van der Waals surface area contributed by atoms with Gasteiger partial charge in [-0.1, -0.05) is 78.9 Å². The number of nitrogens with one attached hydrogen (secondary N) is 2. The van der Waals surface area contributed by atoms with Crippen LogP contribution in [0.3, 0.4) is 0 Å². The van der Waals surface area contributed by atoms with Crippen molar-refractivity contribution in [3.8, 4) is 11.1 Å². The van der Waals surface area contributed by atoms with Crippen LogP contribution in [0, 0.1) is 0 Å². The molecule has 8 nitrogen and oxygen atoms in total. The zero-order chi connectivity index (χ0) is 24.1. The van der Waals surface area contributed by atoms with Crippen LogP contribution in [0.15, 0.2) is 78.9 Å². The van der Waals surface area contributed by atoms with Gasteiger partial charge in [-0.15, -0.1) is 0 Å². The summed E-state index contributed by atoms with van der Waals surface area (Å²) in [4.78, 5) is 36.2. The third-order valence-electron chi connectivity index (χ3n) is 5.76. The lowest BCUT2D eigenvalue weighted by Crippen LogP contribution is -2.44. The van der Waals surface area contributed by atoms with Crippen LogP contribution in [0.4, 0.5) is 4.79 Å². The topological polar surface area (TPSA) is 125 Å². The number of hydrogen-bond acceptors (Lipinski definition) is 5. The fourth-order valence-electron chi connectivity index (χ4n) is 4.09. The Bertz CT molecular complexity index is 1150. The molecule has 0 bridgehead atoms. The van der Waals surface area contributed by atoms with E-state index in [0.29, 0.717) is 5.56 Å². The van der Waals surface area contributed by atoms with Gasteiger partial charge in [0.2, 0.25) is 5.91 Å². The number of carbonyl (C=O) groups excluding carboxylic acids is 2. The maximum Gasteiger partial charge on any atom is 0.408 e. The number of aliphatic carboxylic acids is 1. The van der Waals surface area contributed by atoms with Crippen molar-refractivity contribution in [3.63, 3.8) is 0 Å². The highest BCUT2D eigenvalue weighted by Crippen LogP contribution is 2.44. The van der Waals surface area contributed by atoms with Crippen molar-refractivity contribution in [2.45, 2.75) is 18.1 Å². The first-order valence-electron chi connectivity index (χ1n) is 10.8. The summed E-state index contributed by atoms with van der Waals surface area (Å²) >= 11 is 0. The Morgan fingerprint density at radius 3 is 2.00 bits per heavy atom. The highest BCUT2D eigenvalue weighted by molar-refractivity contribution is 5.87. The fraction of sp³-hybridized carbons (Fsp3) is 0.192. The minimum absolute atomic E-state index is 0.0840. The summed E-state index contributed by atoms with van der Waals surface area (Å²) in [5.41, 5.74) is 4.82. The molecular formula is C26H24N2O6. The van der Waals surface area contributed by atoms with Crippen molar-refractivity contribution in [1.29, 1.82) is 0 Å². The first-order chi connectivity index (χ1) is 16.5. The minimum atomic E-state index is -1.75. The molecule has 8 heteroatoms. The van der Waals surface area contributed by atoms with Gasteiger partial charge in [0.25, 0.3) is 0 Å². The molecule has 3 aromatic carbocycles. The summed E-state index contributed by atoms with van der Waals surface area (Å²) in [7, 11) is 0. The van der Waals surface area contributed by atoms with E-state index in [0.717, 1.165) is 22.3 Å². The van der Waals surface area contributed by atoms with E-state index in [1.807, 2.05) is 48.5 Å². The number of benzene rings is 3. The molecule has 0 radical (unpaired) electrons. The van der Waals surface area contributed by atoms with Crippen molar-refractivity contribution >= 4 is 18.0 Å². The molecule has 1 aliphatic carbocycles. The van der Waals surface area contributed by atoms with E-state index >= 15 is 0 Å². The first-order valence-corrected chi connectivity index (χ1v) is 10.8. The third kappa shape index (κ3) is 4.92. The van der Waals surface area contributed by atoms with E-state index in [4.69, 9.17) is 9.84 Å². The number of fused-ring (bicyclic) bond motifs is 3. The van der Waals surface area contributed by atoms with Crippen LogP contribution in [0.5, 0.6) is 0 Å². The SMILES string of the molecule is O=C(N[C@H](C(=O)NC[C@H](O)C(=O)O)c1ccccc1)OCC1c2ccccc2-c2ccccc21. The average Bonchev–Trinajstić information content (AvgIpc) is 3.18. The van der Waals surface area contributed by atoms with Crippen LogP contribution in [0.1, 0.15) is 28.7 Å². The monoisotopic (exact) mass is 460 g/mol. The summed E-state index contributed by atoms with van der Waals surface area (Å²) in [5, 5.41) is 23.2. The number of amides is 2. The number of carboxylic acid groups (broad SMARTS) is 1. The maximum absolute atomic E-state index is 12.7. The molecule has 0 fully saturated rings. The molecule has 0 saturated carbocycles. The highest BCUT2D eigenvalue weighted by atomic mass is 16.5. The van der Waals surface area contributed by atoms with E-state index in [-0.39, 0.29) is 12.5 Å². The predicted octanol–water partition coefficient (Wildman–Crippen LogP) is 2.83. The van der Waals surface area contributed by atoms with Gasteiger partial charge in [-0.25, -0.2) is 9.59 Å². The largest absolute Gasteiger partial charge is 0.479 e. The molecule has 2 amide bonds. The van der Waals surface area contributed by atoms with E-state index in [2.05, 4.69) is 10.6 Å². The molecule has 174 valence electrons. The number of rotatable bonds is 8. The lowest BCUT2D eigenvalue weighted by Gasteiger charge is -2.20. The molecule has 1 aliphatic rings. The maximum atomic E-state index is 12.7. The van der Waals surface area contributed by atoms with E-state index in [9.17, 15) is 19.5 Å². The fourth-order valence-corrected chi connectivity index (χ4v) is 4.09. The minimum Gasteiger partial charge on any atom is -0.479 e. The Labute approximate surface area is 196 Å². The second-order valence-corrected chi connectivity index (χ2v) is 7.91. The number of ether oxygens (including phenoxy) is 1. The number of alkyl carbamates (subject to hydrolysis) is 1. The summed E-state index contributed by atoms with van der Waals surface area (Å²) in [6, 6.07) is 23.3. The Morgan fingerprint density at radius 1 is 0.853 bits per heavy atom. The van der Waals surface area contributed by atoms with Gasteiger partial charge < -0.3 is 25.6 Å². The molecule has 0 aliphatic heterocycles. The van der Waals surface area contributed by atoms with Crippen LogP contribution < -0.4 is 10.6 Å². The zero-order valence-electron chi connectivity index (χ0n) is 18.2. The van der Waals surface area contributed by atoms with Crippen molar-refractivity contribution in [2.24, 2.45) is 0 Å². The molecule has 0 aromatic heterocycles. The molecule has 0 spiro atoms. The molecule has 3 aromatic rings. The van der Waals surface area contributed by atoms with E-state index in [1.54, 1.807) is 30.3 Å². The Kier molecular flexibility index (Phi) is 6.89. The van der Waals surface area contributed by atoms with Gasteiger partial charge in [0, 0.05) is 5.92 Å². The first kappa shape index (κ1) is 23.0. The van der Waals surface area contributed by atoms with Gasteiger partial charge in [0.15, 0.2) is 6.10 Å². The van der Waals surface area contributed by atoms with Crippen LogP contribution in [-0.2, 0) is 14.3 Å². The normalized spacial score (nSPS) is 13.8. The number of hydrogen-bond donors (Lipinski definition) is 4. The third-order valence-corrected chi connectivity index (χ3v) is 5.76. The van der Waals surface area contributed by atoms with Crippen LogP contribution in [-0.4, -0.2) is 47.4 Å². The van der Waals surface area contributed by atoms with Crippen LogP contribution >= 0.6 is 0 Å². The predicted molar refractivity (Wildman–Crippen MR) is 124 cm³/mol. The summed E-state index contributed by atoms with van der Waals surface area (Å²) in [5.74, 6) is -2.26. The number of carbonyl (C=O) groups is 3. The lowest BCUT2D eigenvalue weighted by molar-refractivity contribution is -0.146. The summed E-state index contributed by atoms with van der Waals surface area (Å²) in [6.45, 7) is -0.412. The molecular weight excluding hydrogens is 436 g/mol. The van der Waals surface area contributed by atoms with Crippen molar-refractivity contribution < 1.29 is 29.3 Å². The summed E-state index contributed by atoms with van der Waals surface area (Å²) in [6.07, 6.45) is -2.54. The quantitative estimate of drug-likeness (QED) is 0.410. The van der Waals surface area contributed by atoms with Gasteiger partial charge in [0.05, 0.1) is 6.54 Å². The molecule has 0 saturated heterocycles. The van der Waals surface area contributed by atoms with Gasteiger partial charge in [-0.05, 0) is 27.8 Å². The molecule has 2 atom stereocenters. The number of aliphatic hydroxyl groups excluding tert-OH is 1. The van der Waals surface area contributed by atoms with Gasteiger partial charge >= 0.3 is 12.1 Å². The summed E-state index contributed by atoms with van der Waals surface area (Å²) < 4.78 is 5.53. The molecule has 0 unspecified atom stereocenters. The second-order valence-electron chi connectivity index (χ2n) is 7.91. The van der Waals surface area contributed by atoms with Crippen LogP contribution in [0.25, 0.3) is 11.1 Å². The van der Waals surface area contributed by atoms with E-state index in [1.165, 1.54) is 0 Å². The number of carboxylic acids is 1. The Morgan fingerprint density at radius 2 is 1.41 bits per heavy atom. The van der Waals surface area contributed by atoms with Gasteiger partial charge in [-0.3, -0.25) is 4.79 Å². The van der Waals surface area contributed by atoms with Gasteiger partial charge in [0.1, 0.15) is 12.6 Å². The lowest BCUT2D eigenvalue weighted by atomic mass is 9.98. The van der Waals surface area contributed by atoms with Crippen molar-refractivity contribution in [1.82, 2.24) is 10.6 Å². The molecule has 0 heterocycles. The van der Waals surface area contributed by atoms with Crippen molar-refractivity contribution in [3.05, 3.63) is 95.6 Å². The molecule has 4 N–H and O–H groups in total. The molecule has 34 heavy (non-hydrogen) atoms. The second kappa shape index (κ2) is 10.2. The Hall–Kier alpha value is -4.17. The molecule has 4 rings (SSSR count). The van der Waals surface area contributed by atoms with Crippen molar-refractivity contribution in [2.75, 3.05) is 13.2 Å². The smallest absolute Gasteiger partial charge is 0.408 e. The Balaban J connectivity index is 1.45.